The molecule has 3 unspecified atom stereocenters. The fourth-order valence-corrected chi connectivity index (χ4v) is 3.95. The Labute approximate surface area is 138 Å². The zero-order valence-electron chi connectivity index (χ0n) is 14.1. The van der Waals surface area contributed by atoms with Crippen LogP contribution in [0.5, 0.6) is 0 Å². The van der Waals surface area contributed by atoms with Crippen molar-refractivity contribution in [1.82, 2.24) is 0 Å². The molecule has 0 bridgehead atoms. The third-order valence-corrected chi connectivity index (χ3v) is 5.09. The Kier molecular flexibility index (Phi) is 4.62. The van der Waals surface area contributed by atoms with Crippen molar-refractivity contribution < 1.29 is 9.90 Å². The molecule has 0 aromatic rings. The fraction of sp³-hybridized carbons (Fsp3) is 0.350. The van der Waals surface area contributed by atoms with Gasteiger partial charge >= 0.3 is 5.97 Å². The van der Waals surface area contributed by atoms with Gasteiger partial charge in [0.25, 0.3) is 0 Å². The van der Waals surface area contributed by atoms with E-state index in [1.165, 1.54) is 5.57 Å². The zero-order valence-corrected chi connectivity index (χ0v) is 14.1. The predicted molar refractivity (Wildman–Crippen MR) is 94.8 cm³/mol. The Hall–Kier alpha value is -2.13. The molecule has 2 aliphatic carbocycles. The van der Waals surface area contributed by atoms with Gasteiger partial charge in [-0.15, -0.1) is 6.58 Å². The van der Waals surface area contributed by atoms with Gasteiger partial charge in [0.2, 0.25) is 0 Å². The number of allylic oxidation sites excluding steroid dienone is 8. The number of fused-ring (bicyclic) bond motifs is 1. The van der Waals surface area contributed by atoms with E-state index in [9.17, 15) is 9.90 Å². The Bertz CT molecular complexity index is 686. The highest BCUT2D eigenvalue weighted by Crippen LogP contribution is 2.56. The van der Waals surface area contributed by atoms with Crippen LogP contribution in [0.4, 0.5) is 0 Å². The van der Waals surface area contributed by atoms with Crippen molar-refractivity contribution in [2.45, 2.75) is 33.2 Å². The largest absolute Gasteiger partial charge is 0.481 e. The summed E-state index contributed by atoms with van der Waals surface area (Å²) in [6.07, 6.45) is 10.2. The minimum absolute atomic E-state index is 0.234. The molecule has 2 aliphatic rings. The molecule has 0 amide bonds. The Morgan fingerprint density at radius 1 is 1.43 bits per heavy atom. The van der Waals surface area contributed by atoms with Crippen LogP contribution >= 0.6 is 0 Å². The first kappa shape index (κ1) is 17.2. The zero-order chi connectivity index (χ0) is 17.4. The number of nitrogens with two attached hydrogens (primary N) is 1. The maximum absolute atomic E-state index is 11.5. The maximum atomic E-state index is 11.5. The van der Waals surface area contributed by atoms with Gasteiger partial charge in [0, 0.05) is 11.5 Å². The van der Waals surface area contributed by atoms with Crippen molar-refractivity contribution in [3.63, 3.8) is 0 Å². The SMILES string of the molecule is C=C/C=C\C1=C(C)C2=CC(C(=O)O)C(N)C(C)=C2C1(C)CC=C. The lowest BCUT2D eigenvalue weighted by Crippen LogP contribution is -2.39. The lowest BCUT2D eigenvalue weighted by atomic mass is 9.70. The third-order valence-electron chi connectivity index (χ3n) is 5.09. The first-order valence-corrected chi connectivity index (χ1v) is 7.83. The van der Waals surface area contributed by atoms with Crippen molar-refractivity contribution in [3.05, 3.63) is 71.4 Å². The fourth-order valence-electron chi connectivity index (χ4n) is 3.95. The van der Waals surface area contributed by atoms with E-state index in [1.54, 1.807) is 6.08 Å². The number of carbonyl (C=O) groups is 1. The van der Waals surface area contributed by atoms with Gasteiger partial charge < -0.3 is 10.8 Å². The van der Waals surface area contributed by atoms with Crippen molar-refractivity contribution in [2.75, 3.05) is 0 Å². The highest BCUT2D eigenvalue weighted by molar-refractivity contribution is 5.78. The van der Waals surface area contributed by atoms with Gasteiger partial charge in [0.1, 0.15) is 0 Å². The van der Waals surface area contributed by atoms with Crippen LogP contribution in [0.15, 0.2) is 71.4 Å². The molecule has 122 valence electrons. The van der Waals surface area contributed by atoms with Gasteiger partial charge in [-0.3, -0.25) is 4.79 Å². The summed E-state index contributed by atoms with van der Waals surface area (Å²) in [5.74, 6) is -1.56. The lowest BCUT2D eigenvalue weighted by molar-refractivity contribution is -0.140. The molecule has 0 saturated carbocycles. The maximum Gasteiger partial charge on any atom is 0.312 e. The van der Waals surface area contributed by atoms with Crippen LogP contribution in [0.1, 0.15) is 27.2 Å². The second-order valence-corrected chi connectivity index (χ2v) is 6.49. The molecule has 3 heteroatoms. The van der Waals surface area contributed by atoms with Crippen LogP contribution in [0.3, 0.4) is 0 Å². The molecule has 0 aromatic carbocycles. The van der Waals surface area contributed by atoms with Crippen LogP contribution in [0, 0.1) is 11.3 Å². The minimum Gasteiger partial charge on any atom is -0.481 e. The van der Waals surface area contributed by atoms with Gasteiger partial charge in [0.15, 0.2) is 0 Å². The topological polar surface area (TPSA) is 63.3 Å². The summed E-state index contributed by atoms with van der Waals surface area (Å²) in [7, 11) is 0. The molecule has 0 radical (unpaired) electrons. The molecule has 2 rings (SSSR count). The van der Waals surface area contributed by atoms with Crippen LogP contribution in [-0.2, 0) is 4.79 Å². The molecule has 23 heavy (non-hydrogen) atoms. The molecule has 0 aliphatic heterocycles. The summed E-state index contributed by atoms with van der Waals surface area (Å²) in [6.45, 7) is 13.8. The molecule has 0 saturated heterocycles. The number of carboxylic acids is 1. The summed E-state index contributed by atoms with van der Waals surface area (Å²) in [5.41, 5.74) is 11.4. The Morgan fingerprint density at radius 2 is 2.09 bits per heavy atom. The van der Waals surface area contributed by atoms with E-state index in [2.05, 4.69) is 26.2 Å². The van der Waals surface area contributed by atoms with E-state index in [0.717, 1.165) is 28.7 Å². The highest BCUT2D eigenvalue weighted by atomic mass is 16.4. The number of carboxylic acid groups (broad SMARTS) is 1. The van der Waals surface area contributed by atoms with E-state index >= 15 is 0 Å². The van der Waals surface area contributed by atoms with Gasteiger partial charge in [-0.05, 0) is 42.6 Å². The minimum atomic E-state index is -0.878. The standard InChI is InChI=1S/C20H25NO2/c1-6-8-9-16-12(3)14-11-15(19(22)23)18(21)13(4)17(14)20(16,5)10-7-2/h6-9,11,15,18H,1-2,10,21H2,3-5H3,(H,22,23)/b9-8-. The summed E-state index contributed by atoms with van der Waals surface area (Å²) in [4.78, 5) is 11.5. The molecule has 3 N–H and O–H groups in total. The second kappa shape index (κ2) is 6.17. The van der Waals surface area contributed by atoms with E-state index < -0.39 is 17.9 Å². The van der Waals surface area contributed by atoms with Crippen molar-refractivity contribution in [3.8, 4) is 0 Å². The van der Waals surface area contributed by atoms with Crippen molar-refractivity contribution in [2.24, 2.45) is 17.1 Å². The second-order valence-electron chi connectivity index (χ2n) is 6.49. The number of hydrogen-bond acceptors (Lipinski definition) is 2. The van der Waals surface area contributed by atoms with E-state index in [1.807, 2.05) is 32.1 Å². The lowest BCUT2D eigenvalue weighted by Gasteiger charge is -2.35. The summed E-state index contributed by atoms with van der Waals surface area (Å²) < 4.78 is 0. The number of hydrogen-bond donors (Lipinski definition) is 2. The molecule has 0 spiro atoms. The van der Waals surface area contributed by atoms with Gasteiger partial charge in [-0.25, -0.2) is 0 Å². The molecular formula is C20H25NO2. The van der Waals surface area contributed by atoms with Gasteiger partial charge in [0.05, 0.1) is 5.92 Å². The number of aliphatic carboxylic acids is 1. The molecule has 0 aromatic heterocycles. The molecule has 0 heterocycles. The first-order chi connectivity index (χ1) is 10.8. The first-order valence-electron chi connectivity index (χ1n) is 7.83. The summed E-state index contributed by atoms with van der Waals surface area (Å²) in [5, 5.41) is 9.47. The van der Waals surface area contributed by atoms with Crippen LogP contribution in [-0.4, -0.2) is 17.1 Å². The van der Waals surface area contributed by atoms with Crippen molar-refractivity contribution in [1.29, 1.82) is 0 Å². The normalized spacial score (nSPS) is 30.5. The molecule has 3 atom stereocenters. The van der Waals surface area contributed by atoms with E-state index in [-0.39, 0.29) is 5.41 Å². The van der Waals surface area contributed by atoms with Crippen molar-refractivity contribution >= 4 is 5.97 Å². The molecule has 0 fully saturated rings. The van der Waals surface area contributed by atoms with E-state index in [0.29, 0.717) is 0 Å². The van der Waals surface area contributed by atoms with Crippen LogP contribution in [0.2, 0.25) is 0 Å². The van der Waals surface area contributed by atoms with Crippen LogP contribution < -0.4 is 5.73 Å². The van der Waals surface area contributed by atoms with Crippen LogP contribution in [0.25, 0.3) is 0 Å². The monoisotopic (exact) mass is 311 g/mol. The quantitative estimate of drug-likeness (QED) is 0.597. The van der Waals surface area contributed by atoms with Gasteiger partial charge in [-0.1, -0.05) is 49.5 Å². The number of rotatable bonds is 5. The average Bonchev–Trinajstić information content (AvgIpc) is 2.69. The average molecular weight is 311 g/mol. The van der Waals surface area contributed by atoms with Gasteiger partial charge in [-0.2, -0.15) is 0 Å². The molecule has 3 nitrogen and oxygen atoms in total. The summed E-state index contributed by atoms with van der Waals surface area (Å²) in [6, 6.07) is -0.495. The third kappa shape index (κ3) is 2.55. The Balaban J connectivity index is 2.73. The van der Waals surface area contributed by atoms with E-state index in [4.69, 9.17) is 5.73 Å². The molecular weight excluding hydrogens is 286 g/mol. The predicted octanol–water partition coefficient (Wildman–Crippen LogP) is 3.93. The Morgan fingerprint density at radius 3 is 2.61 bits per heavy atom. The summed E-state index contributed by atoms with van der Waals surface area (Å²) >= 11 is 0. The highest BCUT2D eigenvalue weighted by Gasteiger charge is 2.45. The smallest absolute Gasteiger partial charge is 0.312 e.